The Morgan fingerprint density at radius 1 is 1.67 bits per heavy atom. The lowest BCUT2D eigenvalue weighted by Crippen LogP contribution is -2.48. The summed E-state index contributed by atoms with van der Waals surface area (Å²) in [5.74, 6) is -0.146. The van der Waals surface area contributed by atoms with E-state index in [2.05, 4.69) is 4.98 Å². The number of nitrogens with zero attached hydrogens (tertiary/aromatic N) is 2. The molecule has 0 spiro atoms. The van der Waals surface area contributed by atoms with Crippen LogP contribution in [0.2, 0.25) is 0 Å². The van der Waals surface area contributed by atoms with E-state index in [9.17, 15) is 9.90 Å². The van der Waals surface area contributed by atoms with E-state index >= 15 is 0 Å². The number of ether oxygens (including phenoxy) is 1. The first-order valence-corrected chi connectivity index (χ1v) is 5.64. The SMILES string of the molecule is NC(=O)c1cc(N)cnc1N1CCOCC1CO. The van der Waals surface area contributed by atoms with Gasteiger partial charge in [-0.1, -0.05) is 0 Å². The van der Waals surface area contributed by atoms with Crippen LogP contribution in [0.5, 0.6) is 0 Å². The van der Waals surface area contributed by atoms with Crippen LogP contribution in [0.3, 0.4) is 0 Å². The lowest BCUT2D eigenvalue weighted by Gasteiger charge is -2.36. The van der Waals surface area contributed by atoms with Crippen LogP contribution in [0, 0.1) is 0 Å². The predicted octanol–water partition coefficient (Wildman–Crippen LogP) is -1.04. The van der Waals surface area contributed by atoms with Gasteiger partial charge in [0.05, 0.1) is 43.3 Å². The van der Waals surface area contributed by atoms with Gasteiger partial charge in [-0.25, -0.2) is 4.98 Å². The van der Waals surface area contributed by atoms with Crippen LogP contribution in [-0.2, 0) is 4.74 Å². The van der Waals surface area contributed by atoms with Gasteiger partial charge in [-0.3, -0.25) is 4.79 Å². The monoisotopic (exact) mass is 252 g/mol. The van der Waals surface area contributed by atoms with Crippen molar-refractivity contribution in [3.8, 4) is 0 Å². The lowest BCUT2D eigenvalue weighted by molar-refractivity contribution is 0.0720. The lowest BCUT2D eigenvalue weighted by atomic mass is 10.1. The molecule has 1 aliphatic rings. The van der Waals surface area contributed by atoms with Gasteiger partial charge in [-0.15, -0.1) is 0 Å². The Bertz CT molecular complexity index is 452. The molecule has 1 unspecified atom stereocenters. The van der Waals surface area contributed by atoms with Crippen molar-refractivity contribution in [2.24, 2.45) is 5.73 Å². The number of pyridine rings is 1. The zero-order valence-electron chi connectivity index (χ0n) is 9.87. The minimum absolute atomic E-state index is 0.0791. The molecule has 0 saturated carbocycles. The normalized spacial score (nSPS) is 19.8. The summed E-state index contributed by atoms with van der Waals surface area (Å²) in [6, 6.07) is 1.27. The van der Waals surface area contributed by atoms with Crippen molar-refractivity contribution >= 4 is 17.4 Å². The van der Waals surface area contributed by atoms with Gasteiger partial charge in [0.1, 0.15) is 5.82 Å². The Morgan fingerprint density at radius 2 is 2.44 bits per heavy atom. The minimum Gasteiger partial charge on any atom is -0.397 e. The van der Waals surface area contributed by atoms with Gasteiger partial charge >= 0.3 is 0 Å². The maximum absolute atomic E-state index is 11.4. The molecule has 0 radical (unpaired) electrons. The van der Waals surface area contributed by atoms with E-state index in [1.807, 2.05) is 4.90 Å². The number of aliphatic hydroxyl groups is 1. The van der Waals surface area contributed by atoms with E-state index in [0.717, 1.165) is 0 Å². The van der Waals surface area contributed by atoms with E-state index in [4.69, 9.17) is 16.2 Å². The first kappa shape index (κ1) is 12.6. The molecule has 98 valence electrons. The number of carbonyl (C=O) groups is 1. The van der Waals surface area contributed by atoms with Crippen molar-refractivity contribution in [1.29, 1.82) is 0 Å². The highest BCUT2D eigenvalue weighted by Crippen LogP contribution is 2.23. The van der Waals surface area contributed by atoms with E-state index in [1.165, 1.54) is 12.3 Å². The third-order valence-corrected chi connectivity index (χ3v) is 2.86. The summed E-state index contributed by atoms with van der Waals surface area (Å²) in [5.41, 5.74) is 11.6. The Kier molecular flexibility index (Phi) is 3.63. The Hall–Kier alpha value is -1.86. The number of nitrogens with two attached hydrogens (primary N) is 2. The standard InChI is InChI=1S/C11H16N4O3/c12-7-3-9(10(13)17)11(14-4-7)15-1-2-18-6-8(15)5-16/h3-4,8,16H,1-2,5-6,12H2,(H2,13,17). The molecular formula is C11H16N4O3. The minimum atomic E-state index is -0.590. The second-order valence-corrected chi connectivity index (χ2v) is 4.11. The highest BCUT2D eigenvalue weighted by Gasteiger charge is 2.26. The highest BCUT2D eigenvalue weighted by molar-refractivity contribution is 5.98. The molecule has 5 N–H and O–H groups in total. The van der Waals surface area contributed by atoms with E-state index in [0.29, 0.717) is 31.3 Å². The summed E-state index contributed by atoms with van der Waals surface area (Å²) >= 11 is 0. The number of morpholine rings is 1. The van der Waals surface area contributed by atoms with Crippen LogP contribution in [0.15, 0.2) is 12.3 Å². The van der Waals surface area contributed by atoms with Crippen molar-refractivity contribution in [1.82, 2.24) is 4.98 Å². The van der Waals surface area contributed by atoms with Crippen molar-refractivity contribution in [3.63, 3.8) is 0 Å². The number of rotatable bonds is 3. The van der Waals surface area contributed by atoms with E-state index in [-0.39, 0.29) is 18.2 Å². The molecular weight excluding hydrogens is 236 g/mol. The molecule has 7 heteroatoms. The summed E-state index contributed by atoms with van der Waals surface area (Å²) < 4.78 is 5.28. The fourth-order valence-corrected chi connectivity index (χ4v) is 1.97. The van der Waals surface area contributed by atoms with Gasteiger partial charge in [0.15, 0.2) is 0 Å². The number of aliphatic hydroxyl groups excluding tert-OH is 1. The average Bonchev–Trinajstić information content (AvgIpc) is 2.38. The molecule has 1 aromatic rings. The van der Waals surface area contributed by atoms with E-state index in [1.54, 1.807) is 0 Å². The number of primary amides is 1. The third kappa shape index (κ3) is 2.36. The van der Waals surface area contributed by atoms with Crippen LogP contribution in [0.25, 0.3) is 0 Å². The summed E-state index contributed by atoms with van der Waals surface area (Å²) in [7, 11) is 0. The number of hydrogen-bond donors (Lipinski definition) is 3. The van der Waals surface area contributed by atoms with Crippen LogP contribution < -0.4 is 16.4 Å². The first-order valence-electron chi connectivity index (χ1n) is 5.64. The average molecular weight is 252 g/mol. The van der Waals surface area contributed by atoms with Gasteiger partial charge in [-0.2, -0.15) is 0 Å². The maximum Gasteiger partial charge on any atom is 0.252 e. The highest BCUT2D eigenvalue weighted by atomic mass is 16.5. The number of nitrogen functional groups attached to an aromatic ring is 1. The predicted molar refractivity (Wildman–Crippen MR) is 66.2 cm³/mol. The number of hydrogen-bond acceptors (Lipinski definition) is 6. The van der Waals surface area contributed by atoms with Gasteiger partial charge in [0, 0.05) is 6.54 Å². The quantitative estimate of drug-likeness (QED) is 0.633. The Morgan fingerprint density at radius 3 is 3.11 bits per heavy atom. The van der Waals surface area contributed by atoms with Crippen molar-refractivity contribution < 1.29 is 14.6 Å². The molecule has 1 amide bonds. The fourth-order valence-electron chi connectivity index (χ4n) is 1.97. The van der Waals surface area contributed by atoms with Crippen LogP contribution >= 0.6 is 0 Å². The molecule has 1 aromatic heterocycles. The van der Waals surface area contributed by atoms with Crippen LogP contribution in [0.4, 0.5) is 11.5 Å². The zero-order valence-corrected chi connectivity index (χ0v) is 9.87. The van der Waals surface area contributed by atoms with Gasteiger partial charge in [0.25, 0.3) is 5.91 Å². The number of anilines is 2. The molecule has 0 bridgehead atoms. The molecule has 1 saturated heterocycles. The molecule has 2 heterocycles. The van der Waals surface area contributed by atoms with Gasteiger partial charge < -0.3 is 26.2 Å². The molecule has 7 nitrogen and oxygen atoms in total. The topological polar surface area (TPSA) is 115 Å². The second kappa shape index (κ2) is 5.19. The summed E-state index contributed by atoms with van der Waals surface area (Å²) in [6.07, 6.45) is 1.46. The smallest absolute Gasteiger partial charge is 0.252 e. The Balaban J connectivity index is 2.39. The second-order valence-electron chi connectivity index (χ2n) is 4.11. The van der Waals surface area contributed by atoms with Crippen molar-refractivity contribution in [3.05, 3.63) is 17.8 Å². The van der Waals surface area contributed by atoms with Gasteiger partial charge in [0.2, 0.25) is 0 Å². The number of aromatic nitrogens is 1. The summed E-state index contributed by atoms with van der Waals surface area (Å²) in [5, 5.41) is 9.32. The molecule has 0 aromatic carbocycles. The third-order valence-electron chi connectivity index (χ3n) is 2.86. The van der Waals surface area contributed by atoms with Crippen molar-refractivity contribution in [2.45, 2.75) is 6.04 Å². The molecule has 2 rings (SSSR count). The van der Waals surface area contributed by atoms with Crippen molar-refractivity contribution in [2.75, 3.05) is 37.0 Å². The molecule has 1 atom stereocenters. The Labute approximate surface area is 104 Å². The molecule has 1 fully saturated rings. The van der Waals surface area contributed by atoms with Crippen LogP contribution in [0.1, 0.15) is 10.4 Å². The summed E-state index contributed by atoms with van der Waals surface area (Å²) in [6.45, 7) is 1.37. The maximum atomic E-state index is 11.4. The number of carbonyl (C=O) groups excluding carboxylic acids is 1. The zero-order chi connectivity index (χ0) is 13.1. The van der Waals surface area contributed by atoms with Gasteiger partial charge in [-0.05, 0) is 6.07 Å². The number of amides is 1. The fraction of sp³-hybridized carbons (Fsp3) is 0.455. The first-order chi connectivity index (χ1) is 8.63. The molecule has 0 aliphatic carbocycles. The summed E-state index contributed by atoms with van der Waals surface area (Å²) in [4.78, 5) is 17.4. The largest absolute Gasteiger partial charge is 0.397 e. The van der Waals surface area contributed by atoms with Crippen LogP contribution in [-0.4, -0.2) is 48.4 Å². The molecule has 1 aliphatic heterocycles. The molecule has 18 heavy (non-hydrogen) atoms. The van der Waals surface area contributed by atoms with E-state index < -0.39 is 5.91 Å².